The summed E-state index contributed by atoms with van der Waals surface area (Å²) in [6.45, 7) is 3.96. The van der Waals surface area contributed by atoms with Gasteiger partial charge in [-0.3, -0.25) is 4.79 Å². The van der Waals surface area contributed by atoms with E-state index in [4.69, 9.17) is 9.47 Å². The van der Waals surface area contributed by atoms with Gasteiger partial charge in [-0.25, -0.2) is 4.79 Å². The maximum atomic E-state index is 12.5. The molecule has 5 heteroatoms. The molecule has 2 rings (SSSR count). The minimum Gasteiger partial charge on any atom is -0.492 e. The van der Waals surface area contributed by atoms with Crippen LogP contribution in [0.25, 0.3) is 0 Å². The molecule has 0 fully saturated rings. The Labute approximate surface area is 124 Å². The number of carbonyl (C=O) groups is 2. The Kier molecular flexibility index (Phi) is 4.50. The van der Waals surface area contributed by atoms with Gasteiger partial charge < -0.3 is 14.8 Å². The van der Waals surface area contributed by atoms with E-state index >= 15 is 0 Å². The van der Waals surface area contributed by atoms with E-state index in [0.717, 1.165) is 17.7 Å². The molecule has 1 aromatic carbocycles. The van der Waals surface area contributed by atoms with Crippen molar-refractivity contribution in [1.29, 1.82) is 0 Å². The van der Waals surface area contributed by atoms with E-state index in [9.17, 15) is 9.59 Å². The van der Waals surface area contributed by atoms with Gasteiger partial charge in [0.05, 0.1) is 7.11 Å². The van der Waals surface area contributed by atoms with Crippen LogP contribution in [-0.4, -0.2) is 31.1 Å². The Morgan fingerprint density at radius 1 is 1.43 bits per heavy atom. The second kappa shape index (κ2) is 6.16. The van der Waals surface area contributed by atoms with Gasteiger partial charge in [-0.05, 0) is 19.4 Å². The van der Waals surface area contributed by atoms with Crippen molar-refractivity contribution in [2.45, 2.75) is 38.1 Å². The van der Waals surface area contributed by atoms with Crippen LogP contribution in [0.4, 0.5) is 0 Å². The predicted octanol–water partition coefficient (Wildman–Crippen LogP) is 2.01. The Morgan fingerprint density at radius 3 is 2.81 bits per heavy atom. The molecule has 114 valence electrons. The van der Waals surface area contributed by atoms with Gasteiger partial charge in [0.2, 0.25) is 5.91 Å². The van der Waals surface area contributed by atoms with Gasteiger partial charge in [0.25, 0.3) is 0 Å². The normalized spacial score (nSPS) is 19.1. The Bertz CT molecular complexity index is 543. The van der Waals surface area contributed by atoms with E-state index in [-0.39, 0.29) is 11.8 Å². The number of rotatable bonds is 5. The van der Waals surface area contributed by atoms with Crippen LogP contribution in [-0.2, 0) is 14.3 Å². The van der Waals surface area contributed by atoms with Crippen molar-refractivity contribution >= 4 is 11.9 Å². The van der Waals surface area contributed by atoms with Gasteiger partial charge in [0, 0.05) is 5.56 Å². The zero-order valence-electron chi connectivity index (χ0n) is 12.6. The number of methoxy groups -OCH3 is 1. The van der Waals surface area contributed by atoms with Crippen molar-refractivity contribution in [2.75, 3.05) is 13.7 Å². The maximum absolute atomic E-state index is 12.5. The fraction of sp³-hybridized carbons (Fsp3) is 0.500. The fourth-order valence-corrected chi connectivity index (χ4v) is 2.68. The molecule has 0 saturated heterocycles. The summed E-state index contributed by atoms with van der Waals surface area (Å²) in [6, 6.07) is 7.46. The largest absolute Gasteiger partial charge is 0.492 e. The number of esters is 1. The van der Waals surface area contributed by atoms with Crippen LogP contribution in [0.15, 0.2) is 24.3 Å². The molecule has 0 spiro atoms. The Hall–Kier alpha value is -2.04. The molecule has 0 saturated carbocycles. The van der Waals surface area contributed by atoms with E-state index in [1.54, 1.807) is 6.92 Å². The third-order valence-corrected chi connectivity index (χ3v) is 3.80. The standard InChI is InChI=1S/C16H21NO4/c1-4-9-16(2,15(19)20-3)17-14(18)12-10-21-13-8-6-5-7-11(12)13/h5-8,12H,4,9-10H2,1-3H3,(H,17,18). The molecular formula is C16H21NO4. The maximum Gasteiger partial charge on any atom is 0.331 e. The molecule has 1 heterocycles. The average molecular weight is 291 g/mol. The molecule has 0 bridgehead atoms. The van der Waals surface area contributed by atoms with Crippen molar-refractivity contribution in [3.05, 3.63) is 29.8 Å². The minimum atomic E-state index is -1.00. The molecular weight excluding hydrogens is 270 g/mol. The first-order valence-corrected chi connectivity index (χ1v) is 7.14. The second-order valence-electron chi connectivity index (χ2n) is 5.46. The molecule has 0 aliphatic carbocycles. The molecule has 5 nitrogen and oxygen atoms in total. The van der Waals surface area contributed by atoms with Crippen LogP contribution >= 0.6 is 0 Å². The summed E-state index contributed by atoms with van der Waals surface area (Å²) in [5, 5.41) is 2.83. The van der Waals surface area contributed by atoms with E-state index in [0.29, 0.717) is 13.0 Å². The van der Waals surface area contributed by atoms with Crippen LogP contribution in [0.3, 0.4) is 0 Å². The van der Waals surface area contributed by atoms with Gasteiger partial charge in [0.1, 0.15) is 23.8 Å². The van der Waals surface area contributed by atoms with E-state index < -0.39 is 11.5 Å². The zero-order valence-corrected chi connectivity index (χ0v) is 12.6. The first-order chi connectivity index (χ1) is 10.0. The van der Waals surface area contributed by atoms with E-state index in [2.05, 4.69) is 5.32 Å². The summed E-state index contributed by atoms with van der Waals surface area (Å²) in [5.74, 6) is -0.291. The van der Waals surface area contributed by atoms with Gasteiger partial charge in [-0.1, -0.05) is 31.5 Å². The number of fused-ring (bicyclic) bond motifs is 1. The van der Waals surface area contributed by atoms with Crippen LogP contribution in [0, 0.1) is 0 Å². The van der Waals surface area contributed by atoms with Crippen molar-refractivity contribution in [1.82, 2.24) is 5.32 Å². The molecule has 1 aliphatic rings. The molecule has 21 heavy (non-hydrogen) atoms. The number of amides is 1. The minimum absolute atomic E-state index is 0.207. The Balaban J connectivity index is 2.16. The summed E-state index contributed by atoms with van der Waals surface area (Å²) in [5.41, 5.74) is -0.142. The number of nitrogens with one attached hydrogen (secondary N) is 1. The number of ether oxygens (including phenoxy) is 2. The summed E-state index contributed by atoms with van der Waals surface area (Å²) in [7, 11) is 1.33. The van der Waals surface area contributed by atoms with Crippen LogP contribution in [0.2, 0.25) is 0 Å². The predicted molar refractivity (Wildman–Crippen MR) is 78.1 cm³/mol. The monoisotopic (exact) mass is 291 g/mol. The van der Waals surface area contributed by atoms with E-state index in [1.165, 1.54) is 7.11 Å². The van der Waals surface area contributed by atoms with Crippen molar-refractivity contribution in [3.63, 3.8) is 0 Å². The second-order valence-corrected chi connectivity index (χ2v) is 5.46. The molecule has 1 aromatic rings. The Morgan fingerprint density at radius 2 is 2.14 bits per heavy atom. The lowest BCUT2D eigenvalue weighted by atomic mass is 9.93. The van der Waals surface area contributed by atoms with Crippen molar-refractivity contribution < 1.29 is 19.1 Å². The summed E-state index contributed by atoms with van der Waals surface area (Å²) in [4.78, 5) is 24.5. The van der Waals surface area contributed by atoms with Crippen LogP contribution < -0.4 is 10.1 Å². The smallest absolute Gasteiger partial charge is 0.331 e. The molecule has 1 aliphatic heterocycles. The third kappa shape index (κ3) is 3.01. The molecule has 1 N–H and O–H groups in total. The summed E-state index contributed by atoms with van der Waals surface area (Å²) in [6.07, 6.45) is 1.30. The molecule has 1 amide bonds. The van der Waals surface area contributed by atoms with Gasteiger partial charge in [-0.15, -0.1) is 0 Å². The highest BCUT2D eigenvalue weighted by atomic mass is 16.5. The van der Waals surface area contributed by atoms with Crippen molar-refractivity contribution in [2.24, 2.45) is 0 Å². The van der Waals surface area contributed by atoms with E-state index in [1.807, 2.05) is 31.2 Å². The number of para-hydroxylation sites is 1. The average Bonchev–Trinajstić information content (AvgIpc) is 2.90. The first-order valence-electron chi connectivity index (χ1n) is 7.14. The number of carbonyl (C=O) groups excluding carboxylic acids is 2. The summed E-state index contributed by atoms with van der Waals surface area (Å²) >= 11 is 0. The topological polar surface area (TPSA) is 64.6 Å². The fourth-order valence-electron chi connectivity index (χ4n) is 2.68. The number of benzene rings is 1. The zero-order chi connectivity index (χ0) is 15.5. The first kappa shape index (κ1) is 15.4. The van der Waals surface area contributed by atoms with Gasteiger partial charge in [0.15, 0.2) is 0 Å². The quantitative estimate of drug-likeness (QED) is 0.843. The van der Waals surface area contributed by atoms with Gasteiger partial charge in [-0.2, -0.15) is 0 Å². The SMILES string of the molecule is CCCC(C)(NC(=O)C1COc2ccccc21)C(=O)OC. The highest BCUT2D eigenvalue weighted by molar-refractivity contribution is 5.91. The highest BCUT2D eigenvalue weighted by Crippen LogP contribution is 2.34. The number of hydrogen-bond donors (Lipinski definition) is 1. The lowest BCUT2D eigenvalue weighted by molar-refractivity contribution is -0.150. The van der Waals surface area contributed by atoms with Crippen LogP contribution in [0.1, 0.15) is 38.2 Å². The molecule has 2 atom stereocenters. The molecule has 0 aromatic heterocycles. The lowest BCUT2D eigenvalue weighted by Gasteiger charge is -2.28. The lowest BCUT2D eigenvalue weighted by Crippen LogP contribution is -2.54. The van der Waals surface area contributed by atoms with Crippen molar-refractivity contribution in [3.8, 4) is 5.75 Å². The number of hydrogen-bond acceptors (Lipinski definition) is 4. The van der Waals surface area contributed by atoms with Crippen LogP contribution in [0.5, 0.6) is 5.75 Å². The van der Waals surface area contributed by atoms with Gasteiger partial charge >= 0.3 is 5.97 Å². The third-order valence-electron chi connectivity index (χ3n) is 3.80. The molecule has 0 radical (unpaired) electrons. The molecule has 2 unspecified atom stereocenters. The summed E-state index contributed by atoms with van der Waals surface area (Å²) < 4.78 is 10.3. The highest BCUT2D eigenvalue weighted by Gasteiger charge is 2.39.